The second kappa shape index (κ2) is 4.74. The molecule has 0 saturated heterocycles. The minimum Gasteiger partial charge on any atom is -0.452 e. The molecule has 1 atom stereocenters. The van der Waals surface area contributed by atoms with Crippen LogP contribution in [0.2, 0.25) is 0 Å². The molecule has 2 nitrogen and oxygen atoms in total. The van der Waals surface area contributed by atoms with Gasteiger partial charge in [0.1, 0.15) is 5.76 Å². The van der Waals surface area contributed by atoms with E-state index in [2.05, 4.69) is 47.2 Å². The molecule has 0 aliphatic carbocycles. The number of furan rings is 1. The van der Waals surface area contributed by atoms with Crippen LogP contribution < -0.4 is 5.32 Å². The number of halogens is 1. The number of nitrogens with one attached hydrogen (secondary N) is 1. The number of rotatable bonds is 3. The zero-order valence-corrected chi connectivity index (χ0v) is 10.9. The Balaban J connectivity index is 2.13. The van der Waals surface area contributed by atoms with E-state index in [-0.39, 0.29) is 6.04 Å². The minimum absolute atomic E-state index is 0.160. The summed E-state index contributed by atoms with van der Waals surface area (Å²) in [6, 6.07) is 12.3. The quantitative estimate of drug-likeness (QED) is 0.894. The van der Waals surface area contributed by atoms with Gasteiger partial charge in [0.15, 0.2) is 4.67 Å². The van der Waals surface area contributed by atoms with Crippen LogP contribution in [0.3, 0.4) is 0 Å². The first-order valence-electron chi connectivity index (χ1n) is 5.24. The Morgan fingerprint density at radius 1 is 1.19 bits per heavy atom. The van der Waals surface area contributed by atoms with Crippen LogP contribution in [0.25, 0.3) is 0 Å². The molecule has 0 fully saturated rings. The van der Waals surface area contributed by atoms with Gasteiger partial charge in [-0.15, -0.1) is 0 Å². The van der Waals surface area contributed by atoms with Crippen molar-refractivity contribution in [3.05, 3.63) is 52.4 Å². The molecule has 1 unspecified atom stereocenters. The van der Waals surface area contributed by atoms with E-state index in [1.54, 1.807) is 0 Å². The lowest BCUT2D eigenvalue weighted by Gasteiger charge is -2.14. The zero-order valence-electron chi connectivity index (χ0n) is 9.33. The number of benzene rings is 1. The van der Waals surface area contributed by atoms with E-state index in [1.807, 2.05) is 24.3 Å². The van der Waals surface area contributed by atoms with E-state index in [9.17, 15) is 0 Å². The minimum atomic E-state index is 0.160. The summed E-state index contributed by atoms with van der Waals surface area (Å²) in [6.07, 6.45) is 0. The standard InChI is InChI=1S/C13H14BrNO/c1-9-5-3-4-6-11(9)15-10(2)12-7-8-13(14)16-12/h3-8,10,15H,1-2H3. The molecule has 84 valence electrons. The molecular weight excluding hydrogens is 266 g/mol. The third kappa shape index (κ3) is 2.47. The lowest BCUT2D eigenvalue weighted by molar-refractivity contribution is 0.471. The van der Waals surface area contributed by atoms with Gasteiger partial charge in [0, 0.05) is 5.69 Å². The molecule has 0 aliphatic heterocycles. The molecule has 0 spiro atoms. The highest BCUT2D eigenvalue weighted by Crippen LogP contribution is 2.24. The maximum absolute atomic E-state index is 5.51. The van der Waals surface area contributed by atoms with Gasteiger partial charge in [-0.25, -0.2) is 0 Å². The fourth-order valence-electron chi connectivity index (χ4n) is 1.60. The monoisotopic (exact) mass is 279 g/mol. The van der Waals surface area contributed by atoms with Gasteiger partial charge in [0.25, 0.3) is 0 Å². The molecule has 16 heavy (non-hydrogen) atoms. The summed E-state index contributed by atoms with van der Waals surface area (Å²) in [7, 11) is 0. The summed E-state index contributed by atoms with van der Waals surface area (Å²) >= 11 is 3.31. The highest BCUT2D eigenvalue weighted by atomic mass is 79.9. The Labute approximate surface area is 104 Å². The molecule has 0 radical (unpaired) electrons. The summed E-state index contributed by atoms with van der Waals surface area (Å²) in [5.74, 6) is 0.926. The van der Waals surface area contributed by atoms with Crippen molar-refractivity contribution in [2.24, 2.45) is 0 Å². The molecule has 0 bridgehead atoms. The molecule has 0 saturated carbocycles. The molecule has 1 aromatic heterocycles. The Morgan fingerprint density at radius 2 is 1.94 bits per heavy atom. The first-order chi connectivity index (χ1) is 7.66. The highest BCUT2D eigenvalue weighted by Gasteiger charge is 2.10. The van der Waals surface area contributed by atoms with Gasteiger partial charge in [-0.05, 0) is 53.5 Å². The van der Waals surface area contributed by atoms with E-state index in [1.165, 1.54) is 5.56 Å². The fourth-order valence-corrected chi connectivity index (χ4v) is 1.92. The van der Waals surface area contributed by atoms with E-state index < -0.39 is 0 Å². The van der Waals surface area contributed by atoms with Crippen LogP contribution in [0.15, 0.2) is 45.5 Å². The van der Waals surface area contributed by atoms with Crippen LogP contribution in [0.1, 0.15) is 24.3 Å². The third-order valence-electron chi connectivity index (χ3n) is 2.54. The van der Waals surface area contributed by atoms with Crippen LogP contribution in [0.5, 0.6) is 0 Å². The van der Waals surface area contributed by atoms with E-state index in [4.69, 9.17) is 4.42 Å². The summed E-state index contributed by atoms with van der Waals surface area (Å²) < 4.78 is 6.28. The molecule has 2 rings (SSSR count). The smallest absolute Gasteiger partial charge is 0.169 e. The largest absolute Gasteiger partial charge is 0.452 e. The first-order valence-corrected chi connectivity index (χ1v) is 6.03. The van der Waals surface area contributed by atoms with Gasteiger partial charge >= 0.3 is 0 Å². The van der Waals surface area contributed by atoms with E-state index in [0.717, 1.165) is 16.1 Å². The van der Waals surface area contributed by atoms with Gasteiger partial charge in [-0.2, -0.15) is 0 Å². The van der Waals surface area contributed by atoms with Crippen molar-refractivity contribution in [1.82, 2.24) is 0 Å². The van der Waals surface area contributed by atoms with Gasteiger partial charge < -0.3 is 9.73 Å². The Bertz CT molecular complexity index is 478. The van der Waals surface area contributed by atoms with Crippen molar-refractivity contribution >= 4 is 21.6 Å². The summed E-state index contributed by atoms with van der Waals surface area (Å²) in [5, 5.41) is 3.43. The summed E-state index contributed by atoms with van der Waals surface area (Å²) in [6.45, 7) is 4.17. The predicted molar refractivity (Wildman–Crippen MR) is 69.6 cm³/mol. The lowest BCUT2D eigenvalue weighted by atomic mass is 10.1. The molecular formula is C13H14BrNO. The van der Waals surface area contributed by atoms with Crippen LogP contribution in [-0.4, -0.2) is 0 Å². The molecule has 0 aliphatic rings. The normalized spacial score (nSPS) is 12.4. The Kier molecular flexibility index (Phi) is 3.34. The van der Waals surface area contributed by atoms with Gasteiger partial charge in [0.05, 0.1) is 6.04 Å². The highest BCUT2D eigenvalue weighted by molar-refractivity contribution is 9.10. The molecule has 1 aromatic carbocycles. The van der Waals surface area contributed by atoms with Crippen molar-refractivity contribution in [2.45, 2.75) is 19.9 Å². The van der Waals surface area contributed by atoms with E-state index in [0.29, 0.717) is 0 Å². The van der Waals surface area contributed by atoms with Crippen LogP contribution in [0.4, 0.5) is 5.69 Å². The molecule has 3 heteroatoms. The number of anilines is 1. The van der Waals surface area contributed by atoms with Gasteiger partial charge in [0.2, 0.25) is 0 Å². The zero-order chi connectivity index (χ0) is 11.5. The van der Waals surface area contributed by atoms with Crippen molar-refractivity contribution < 1.29 is 4.42 Å². The number of hydrogen-bond donors (Lipinski definition) is 1. The second-order valence-corrected chi connectivity index (χ2v) is 4.60. The van der Waals surface area contributed by atoms with Crippen molar-refractivity contribution in [1.29, 1.82) is 0 Å². The second-order valence-electron chi connectivity index (χ2n) is 3.82. The topological polar surface area (TPSA) is 25.2 Å². The molecule has 1 heterocycles. The maximum atomic E-state index is 5.51. The van der Waals surface area contributed by atoms with Crippen LogP contribution >= 0.6 is 15.9 Å². The predicted octanol–water partition coefficient (Wildman–Crippen LogP) is 4.52. The number of para-hydroxylation sites is 1. The Morgan fingerprint density at radius 3 is 2.56 bits per heavy atom. The van der Waals surface area contributed by atoms with E-state index >= 15 is 0 Å². The third-order valence-corrected chi connectivity index (χ3v) is 2.96. The van der Waals surface area contributed by atoms with Crippen molar-refractivity contribution in [2.75, 3.05) is 5.32 Å². The fraction of sp³-hybridized carbons (Fsp3) is 0.231. The van der Waals surface area contributed by atoms with Crippen LogP contribution in [-0.2, 0) is 0 Å². The average molecular weight is 280 g/mol. The molecule has 0 amide bonds. The maximum Gasteiger partial charge on any atom is 0.169 e. The first kappa shape index (κ1) is 11.3. The molecule has 2 aromatic rings. The molecule has 1 N–H and O–H groups in total. The summed E-state index contributed by atoms with van der Waals surface area (Å²) in [5.41, 5.74) is 2.38. The number of aryl methyl sites for hydroxylation is 1. The van der Waals surface area contributed by atoms with Crippen molar-refractivity contribution in [3.63, 3.8) is 0 Å². The van der Waals surface area contributed by atoms with Gasteiger partial charge in [-0.3, -0.25) is 0 Å². The lowest BCUT2D eigenvalue weighted by Crippen LogP contribution is -2.06. The summed E-state index contributed by atoms with van der Waals surface area (Å²) in [4.78, 5) is 0. The van der Waals surface area contributed by atoms with Crippen LogP contribution in [0, 0.1) is 6.92 Å². The Hall–Kier alpha value is -1.22. The van der Waals surface area contributed by atoms with Crippen molar-refractivity contribution in [3.8, 4) is 0 Å². The SMILES string of the molecule is Cc1ccccc1NC(C)c1ccc(Br)o1. The van der Waals surface area contributed by atoms with Gasteiger partial charge in [-0.1, -0.05) is 18.2 Å². The average Bonchev–Trinajstić information content (AvgIpc) is 2.68. The number of hydrogen-bond acceptors (Lipinski definition) is 2.